The molecule has 2 N–H and O–H groups in total. The van der Waals surface area contributed by atoms with Gasteiger partial charge in [-0.05, 0) is 30.3 Å². The molecule has 0 aliphatic heterocycles. The fraction of sp³-hybridized carbons (Fsp3) is 0. The highest BCUT2D eigenvalue weighted by molar-refractivity contribution is 7.21. The molecule has 4 rings (SSSR count). The Balaban J connectivity index is 1.74. The lowest BCUT2D eigenvalue weighted by molar-refractivity contribution is 0.403. The van der Waals surface area contributed by atoms with Gasteiger partial charge in [-0.25, -0.2) is 4.98 Å². The second-order valence-electron chi connectivity index (χ2n) is 5.26. The third-order valence-electron chi connectivity index (χ3n) is 3.55. The minimum Gasteiger partial charge on any atom is -0.492 e. The predicted molar refractivity (Wildman–Crippen MR) is 95.2 cm³/mol. The number of nitrogens with zero attached hydrogens (tertiary/aromatic N) is 4. The maximum Gasteiger partial charge on any atom is 0.318 e. The average Bonchev–Trinajstić information content (AvgIpc) is 3.07. The number of rotatable bonds is 3. The molecule has 0 bridgehead atoms. The smallest absolute Gasteiger partial charge is 0.318 e. The largest absolute Gasteiger partial charge is 0.492 e. The number of aromatic nitrogens is 3. The molecule has 2 heterocycles. The highest BCUT2D eigenvalue weighted by atomic mass is 32.1. The fourth-order valence-electron chi connectivity index (χ4n) is 2.38. The van der Waals surface area contributed by atoms with Crippen molar-refractivity contribution in [2.75, 3.05) is 0 Å². The van der Waals surface area contributed by atoms with E-state index in [2.05, 4.69) is 21.0 Å². The molecule has 0 spiro atoms. The summed E-state index contributed by atoms with van der Waals surface area (Å²) in [6.07, 6.45) is 0. The molecular formula is C18H10N4O3S. The molecule has 0 aliphatic carbocycles. The van der Waals surface area contributed by atoms with Crippen LogP contribution in [-0.2, 0) is 0 Å². The van der Waals surface area contributed by atoms with Crippen LogP contribution in [0.3, 0.4) is 0 Å². The van der Waals surface area contributed by atoms with E-state index >= 15 is 0 Å². The molecule has 0 saturated carbocycles. The van der Waals surface area contributed by atoms with E-state index in [9.17, 15) is 15.5 Å². The minimum atomic E-state index is -0.519. The standard InChI is InChI=1S/C18H10N4O3S/c19-9-11-8-10(6-7-13(11)25-12-4-2-1-3-5-12)16-20-14-15(23)21-18(24)22-17(14)26-16/h1-8H,(H2,21,22,23,24). The maximum absolute atomic E-state index is 9.78. The summed E-state index contributed by atoms with van der Waals surface area (Å²) in [4.78, 5) is 12.0. The third kappa shape index (κ3) is 2.87. The normalized spacial score (nSPS) is 10.6. The Morgan fingerprint density at radius 3 is 2.58 bits per heavy atom. The molecule has 7 nitrogen and oxygen atoms in total. The number of nitriles is 1. The molecule has 0 saturated heterocycles. The lowest BCUT2D eigenvalue weighted by atomic mass is 10.1. The van der Waals surface area contributed by atoms with Crippen LogP contribution in [-0.4, -0.2) is 25.2 Å². The Labute approximate surface area is 151 Å². The molecule has 126 valence electrons. The fourth-order valence-corrected chi connectivity index (χ4v) is 3.30. The summed E-state index contributed by atoms with van der Waals surface area (Å²) >= 11 is 1.18. The van der Waals surface area contributed by atoms with Crippen molar-refractivity contribution in [1.82, 2.24) is 15.0 Å². The number of thiazole rings is 1. The number of aromatic hydroxyl groups is 2. The van der Waals surface area contributed by atoms with Crippen molar-refractivity contribution in [2.24, 2.45) is 0 Å². The van der Waals surface area contributed by atoms with Crippen LogP contribution < -0.4 is 4.74 Å². The van der Waals surface area contributed by atoms with Crippen molar-refractivity contribution in [3.63, 3.8) is 0 Å². The average molecular weight is 362 g/mol. The van der Waals surface area contributed by atoms with Crippen molar-refractivity contribution in [3.8, 4) is 40.0 Å². The number of para-hydroxylation sites is 1. The van der Waals surface area contributed by atoms with Crippen molar-refractivity contribution in [2.45, 2.75) is 0 Å². The monoisotopic (exact) mass is 362 g/mol. The molecule has 0 aliphatic rings. The van der Waals surface area contributed by atoms with Gasteiger partial charge in [0.05, 0.1) is 5.56 Å². The number of hydrogen-bond donors (Lipinski definition) is 2. The zero-order valence-corrected chi connectivity index (χ0v) is 13.9. The lowest BCUT2D eigenvalue weighted by Gasteiger charge is -2.08. The summed E-state index contributed by atoms with van der Waals surface area (Å²) in [6, 6.07) is 15.9. The molecule has 0 fully saturated rings. The molecule has 26 heavy (non-hydrogen) atoms. The highest BCUT2D eigenvalue weighted by Gasteiger charge is 2.15. The minimum absolute atomic E-state index is 0.200. The molecule has 2 aromatic heterocycles. The maximum atomic E-state index is 9.78. The SMILES string of the molecule is N#Cc1cc(-c2nc3c(O)nc(O)nc3s2)ccc1Oc1ccccc1. The van der Waals surface area contributed by atoms with E-state index < -0.39 is 6.01 Å². The summed E-state index contributed by atoms with van der Waals surface area (Å²) in [7, 11) is 0. The summed E-state index contributed by atoms with van der Waals surface area (Å²) in [5, 5.41) is 29.2. The molecule has 4 aromatic rings. The van der Waals surface area contributed by atoms with Crippen LogP contribution in [0.25, 0.3) is 20.9 Å². The second-order valence-corrected chi connectivity index (χ2v) is 6.24. The first kappa shape index (κ1) is 15.8. The molecule has 0 radical (unpaired) electrons. The van der Waals surface area contributed by atoms with Gasteiger partial charge in [-0.15, -0.1) is 0 Å². The van der Waals surface area contributed by atoms with Crippen LogP contribution >= 0.6 is 11.3 Å². The third-order valence-corrected chi connectivity index (χ3v) is 4.54. The van der Waals surface area contributed by atoms with Gasteiger partial charge in [0, 0.05) is 5.56 Å². The molecule has 0 unspecified atom stereocenters. The van der Waals surface area contributed by atoms with Crippen LogP contribution in [0.1, 0.15) is 5.56 Å². The van der Waals surface area contributed by atoms with E-state index in [0.717, 1.165) is 0 Å². The zero-order chi connectivity index (χ0) is 18.1. The first-order valence-corrected chi connectivity index (χ1v) is 8.29. The summed E-state index contributed by atoms with van der Waals surface area (Å²) in [5.41, 5.74) is 1.22. The Morgan fingerprint density at radius 2 is 1.81 bits per heavy atom. The topological polar surface area (TPSA) is 112 Å². The summed E-state index contributed by atoms with van der Waals surface area (Å²) < 4.78 is 5.75. The summed E-state index contributed by atoms with van der Waals surface area (Å²) in [6.45, 7) is 0. The van der Waals surface area contributed by atoms with Crippen LogP contribution in [0.4, 0.5) is 0 Å². The van der Waals surface area contributed by atoms with E-state index in [-0.39, 0.29) is 11.4 Å². The van der Waals surface area contributed by atoms with Crippen LogP contribution in [0, 0.1) is 11.3 Å². The molecular weight excluding hydrogens is 352 g/mol. The number of hydrogen-bond acceptors (Lipinski definition) is 8. The lowest BCUT2D eigenvalue weighted by Crippen LogP contribution is -1.89. The van der Waals surface area contributed by atoms with Gasteiger partial charge in [0.2, 0.25) is 5.88 Å². The quantitative estimate of drug-likeness (QED) is 0.569. The molecule has 0 atom stereocenters. The van der Waals surface area contributed by atoms with Gasteiger partial charge in [0.15, 0.2) is 10.3 Å². The highest BCUT2D eigenvalue weighted by Crippen LogP contribution is 2.35. The van der Waals surface area contributed by atoms with Crippen LogP contribution in [0.15, 0.2) is 48.5 Å². The number of benzene rings is 2. The van der Waals surface area contributed by atoms with Crippen molar-refractivity contribution in [3.05, 3.63) is 54.1 Å². The van der Waals surface area contributed by atoms with Gasteiger partial charge < -0.3 is 14.9 Å². The van der Waals surface area contributed by atoms with Gasteiger partial charge in [-0.3, -0.25) is 0 Å². The Hall–Kier alpha value is -3.70. The van der Waals surface area contributed by atoms with Crippen molar-refractivity contribution in [1.29, 1.82) is 5.26 Å². The predicted octanol–water partition coefficient (Wildman–Crippen LogP) is 3.83. The van der Waals surface area contributed by atoms with Gasteiger partial charge in [0.25, 0.3) is 0 Å². The number of fused-ring (bicyclic) bond motifs is 1. The van der Waals surface area contributed by atoms with E-state index in [1.807, 2.05) is 18.2 Å². The van der Waals surface area contributed by atoms with E-state index in [1.54, 1.807) is 30.3 Å². The van der Waals surface area contributed by atoms with Crippen molar-refractivity contribution < 1.29 is 14.9 Å². The summed E-state index contributed by atoms with van der Waals surface area (Å²) in [5.74, 6) is 0.677. The Kier molecular flexibility index (Phi) is 3.84. The Morgan fingerprint density at radius 1 is 1.00 bits per heavy atom. The van der Waals surface area contributed by atoms with E-state index in [4.69, 9.17) is 4.74 Å². The van der Waals surface area contributed by atoms with Crippen LogP contribution in [0.2, 0.25) is 0 Å². The van der Waals surface area contributed by atoms with E-state index in [1.165, 1.54) is 11.3 Å². The van der Waals surface area contributed by atoms with Gasteiger partial charge >= 0.3 is 6.01 Å². The second kappa shape index (κ2) is 6.31. The van der Waals surface area contributed by atoms with Gasteiger partial charge in [-0.1, -0.05) is 29.5 Å². The first-order valence-electron chi connectivity index (χ1n) is 7.48. The Bertz CT molecular complexity index is 1150. The van der Waals surface area contributed by atoms with Gasteiger partial charge in [0.1, 0.15) is 22.6 Å². The van der Waals surface area contributed by atoms with Crippen LogP contribution in [0.5, 0.6) is 23.4 Å². The number of ether oxygens (including phenoxy) is 1. The molecule has 0 amide bonds. The van der Waals surface area contributed by atoms with Crippen molar-refractivity contribution >= 4 is 21.7 Å². The van der Waals surface area contributed by atoms with Gasteiger partial charge in [-0.2, -0.15) is 15.2 Å². The van der Waals surface area contributed by atoms with E-state index in [0.29, 0.717) is 32.5 Å². The molecule has 8 heteroatoms. The first-order chi connectivity index (χ1) is 12.6. The molecule has 2 aromatic carbocycles. The zero-order valence-electron chi connectivity index (χ0n) is 13.1.